The highest BCUT2D eigenvalue weighted by Gasteiger charge is 2.10. The Balaban J connectivity index is 2.06. The van der Waals surface area contributed by atoms with Crippen LogP contribution in [0.4, 0.5) is 5.69 Å². The number of carbonyl (C=O) groups is 1. The Morgan fingerprint density at radius 1 is 1.50 bits per heavy atom. The Bertz CT molecular complexity index is 504. The highest BCUT2D eigenvalue weighted by molar-refractivity contribution is 5.92. The normalized spacial score (nSPS) is 12.1. The topological polar surface area (TPSA) is 59.8 Å². The lowest BCUT2D eigenvalue weighted by molar-refractivity contribution is -0.119. The first-order chi connectivity index (χ1) is 8.70. The Labute approximate surface area is 106 Å². The van der Waals surface area contributed by atoms with Gasteiger partial charge in [-0.05, 0) is 24.6 Å². The maximum atomic E-state index is 11.7. The summed E-state index contributed by atoms with van der Waals surface area (Å²) >= 11 is 0. The molecule has 2 rings (SSSR count). The summed E-state index contributed by atoms with van der Waals surface area (Å²) in [6, 6.07) is 5.48. The van der Waals surface area contributed by atoms with E-state index in [1.165, 1.54) is 0 Å². The fourth-order valence-electron chi connectivity index (χ4n) is 1.45. The van der Waals surface area contributed by atoms with Crippen LogP contribution < -0.4 is 5.32 Å². The minimum atomic E-state index is 0.00999. The van der Waals surface area contributed by atoms with E-state index in [0.717, 1.165) is 12.2 Å². The van der Waals surface area contributed by atoms with Crippen LogP contribution in [-0.4, -0.2) is 20.7 Å². The number of hydrogen-bond acceptors (Lipinski definition) is 3. The number of amides is 1. The molecule has 0 bridgehead atoms. The van der Waals surface area contributed by atoms with Crippen molar-refractivity contribution in [3.8, 4) is 5.82 Å². The van der Waals surface area contributed by atoms with Crippen LogP contribution in [0.25, 0.3) is 5.82 Å². The zero-order chi connectivity index (χ0) is 13.0. The van der Waals surface area contributed by atoms with Crippen LogP contribution >= 0.6 is 0 Å². The molecule has 0 aliphatic heterocycles. The number of rotatable bonds is 4. The number of aromatic nitrogens is 3. The van der Waals surface area contributed by atoms with Crippen molar-refractivity contribution < 1.29 is 4.79 Å². The molecule has 2 aromatic heterocycles. The van der Waals surface area contributed by atoms with E-state index in [-0.39, 0.29) is 11.8 Å². The molecule has 1 atom stereocenters. The van der Waals surface area contributed by atoms with E-state index < -0.39 is 0 Å². The van der Waals surface area contributed by atoms with Crippen LogP contribution in [0.5, 0.6) is 0 Å². The van der Waals surface area contributed by atoms with Gasteiger partial charge in [-0.25, -0.2) is 9.67 Å². The SMILES string of the molecule is CC[C@H](C)C(=O)Nc1ccc(-n2cccn2)nc1. The average molecular weight is 244 g/mol. The Morgan fingerprint density at radius 3 is 2.89 bits per heavy atom. The molecule has 0 aliphatic rings. The molecule has 5 heteroatoms. The van der Waals surface area contributed by atoms with E-state index >= 15 is 0 Å². The third-order valence-electron chi connectivity index (χ3n) is 2.81. The maximum absolute atomic E-state index is 11.7. The molecule has 18 heavy (non-hydrogen) atoms. The molecule has 0 radical (unpaired) electrons. The summed E-state index contributed by atoms with van der Waals surface area (Å²) in [5.41, 5.74) is 0.705. The van der Waals surface area contributed by atoms with Crippen molar-refractivity contribution in [1.82, 2.24) is 14.8 Å². The zero-order valence-corrected chi connectivity index (χ0v) is 10.5. The summed E-state index contributed by atoms with van der Waals surface area (Å²) in [7, 11) is 0. The molecule has 94 valence electrons. The third kappa shape index (κ3) is 2.74. The molecule has 1 N–H and O–H groups in total. The van der Waals surface area contributed by atoms with Gasteiger partial charge in [-0.3, -0.25) is 4.79 Å². The zero-order valence-electron chi connectivity index (χ0n) is 10.5. The second kappa shape index (κ2) is 5.44. The highest BCUT2D eigenvalue weighted by atomic mass is 16.1. The third-order valence-corrected chi connectivity index (χ3v) is 2.81. The molecule has 0 aliphatic carbocycles. The number of nitrogens with zero attached hydrogens (tertiary/aromatic N) is 3. The number of nitrogens with one attached hydrogen (secondary N) is 1. The van der Waals surface area contributed by atoms with Crippen molar-refractivity contribution in [3.05, 3.63) is 36.8 Å². The van der Waals surface area contributed by atoms with Gasteiger partial charge in [0, 0.05) is 18.3 Å². The molecule has 0 spiro atoms. The van der Waals surface area contributed by atoms with Crippen LogP contribution in [0.1, 0.15) is 20.3 Å². The van der Waals surface area contributed by atoms with Crippen LogP contribution in [0.3, 0.4) is 0 Å². The van der Waals surface area contributed by atoms with Crippen molar-refractivity contribution in [3.63, 3.8) is 0 Å². The Hall–Kier alpha value is -2.17. The summed E-state index contributed by atoms with van der Waals surface area (Å²) in [6.45, 7) is 3.89. The van der Waals surface area contributed by atoms with Crippen molar-refractivity contribution in [2.75, 3.05) is 5.32 Å². The van der Waals surface area contributed by atoms with E-state index in [2.05, 4.69) is 15.4 Å². The molecular weight excluding hydrogens is 228 g/mol. The van der Waals surface area contributed by atoms with Gasteiger partial charge in [0.25, 0.3) is 0 Å². The largest absolute Gasteiger partial charge is 0.324 e. The lowest BCUT2D eigenvalue weighted by Gasteiger charge is -2.09. The fraction of sp³-hybridized carbons (Fsp3) is 0.308. The van der Waals surface area contributed by atoms with Crippen molar-refractivity contribution in [1.29, 1.82) is 0 Å². The average Bonchev–Trinajstić information content (AvgIpc) is 2.92. The van der Waals surface area contributed by atoms with Crippen molar-refractivity contribution >= 4 is 11.6 Å². The maximum Gasteiger partial charge on any atom is 0.227 e. The molecule has 0 unspecified atom stereocenters. The number of anilines is 1. The van der Waals surface area contributed by atoms with E-state index in [1.807, 2.05) is 38.2 Å². The standard InChI is InChI=1S/C13H16N4O/c1-3-10(2)13(18)16-11-5-6-12(14-9-11)17-8-4-7-15-17/h4-10H,3H2,1-2H3,(H,16,18)/t10-/m0/s1. The molecule has 0 fully saturated rings. The summed E-state index contributed by atoms with van der Waals surface area (Å²) in [5, 5.41) is 6.92. The summed E-state index contributed by atoms with van der Waals surface area (Å²) in [5.74, 6) is 0.753. The van der Waals surface area contributed by atoms with Gasteiger partial charge in [0.15, 0.2) is 5.82 Å². The first kappa shape index (κ1) is 12.3. The monoisotopic (exact) mass is 244 g/mol. The highest BCUT2D eigenvalue weighted by Crippen LogP contribution is 2.11. The molecule has 0 saturated heterocycles. The van der Waals surface area contributed by atoms with Gasteiger partial charge >= 0.3 is 0 Å². The molecule has 5 nitrogen and oxygen atoms in total. The first-order valence-corrected chi connectivity index (χ1v) is 5.97. The molecular formula is C13H16N4O. The lowest BCUT2D eigenvalue weighted by Crippen LogP contribution is -2.19. The predicted molar refractivity (Wildman–Crippen MR) is 69.4 cm³/mol. The van der Waals surface area contributed by atoms with E-state index in [0.29, 0.717) is 5.69 Å². The lowest BCUT2D eigenvalue weighted by atomic mass is 10.1. The Morgan fingerprint density at radius 2 is 2.33 bits per heavy atom. The van der Waals surface area contributed by atoms with Crippen molar-refractivity contribution in [2.45, 2.75) is 20.3 Å². The second-order valence-corrected chi connectivity index (χ2v) is 4.15. The quantitative estimate of drug-likeness (QED) is 0.897. The van der Waals surface area contributed by atoms with Crippen LogP contribution in [-0.2, 0) is 4.79 Å². The van der Waals surface area contributed by atoms with Crippen LogP contribution in [0, 0.1) is 5.92 Å². The van der Waals surface area contributed by atoms with Gasteiger partial charge in [0.2, 0.25) is 5.91 Å². The second-order valence-electron chi connectivity index (χ2n) is 4.15. The molecule has 1 amide bonds. The molecule has 2 aromatic rings. The first-order valence-electron chi connectivity index (χ1n) is 5.97. The number of pyridine rings is 1. The van der Waals surface area contributed by atoms with Crippen molar-refractivity contribution in [2.24, 2.45) is 5.92 Å². The van der Waals surface area contributed by atoms with E-state index in [4.69, 9.17) is 0 Å². The van der Waals surface area contributed by atoms with Gasteiger partial charge < -0.3 is 5.32 Å². The van der Waals surface area contributed by atoms with E-state index in [1.54, 1.807) is 17.1 Å². The summed E-state index contributed by atoms with van der Waals surface area (Å²) in [6.07, 6.45) is 5.97. The fourth-order valence-corrected chi connectivity index (χ4v) is 1.45. The predicted octanol–water partition coefficient (Wildman–Crippen LogP) is 2.25. The van der Waals surface area contributed by atoms with Crippen LogP contribution in [0.2, 0.25) is 0 Å². The number of hydrogen-bond donors (Lipinski definition) is 1. The van der Waals surface area contributed by atoms with E-state index in [9.17, 15) is 4.79 Å². The summed E-state index contributed by atoms with van der Waals surface area (Å²) in [4.78, 5) is 15.9. The molecule has 0 saturated carbocycles. The van der Waals surface area contributed by atoms with Gasteiger partial charge in [-0.2, -0.15) is 5.10 Å². The Kier molecular flexibility index (Phi) is 3.72. The number of carbonyl (C=O) groups excluding carboxylic acids is 1. The molecule has 0 aromatic carbocycles. The van der Waals surface area contributed by atoms with Gasteiger partial charge in [-0.1, -0.05) is 13.8 Å². The summed E-state index contributed by atoms with van der Waals surface area (Å²) < 4.78 is 1.67. The minimum absolute atomic E-state index is 0.00999. The minimum Gasteiger partial charge on any atom is -0.324 e. The van der Waals surface area contributed by atoms with Crippen LogP contribution in [0.15, 0.2) is 36.8 Å². The van der Waals surface area contributed by atoms with Gasteiger partial charge in [0.1, 0.15) is 0 Å². The van der Waals surface area contributed by atoms with Gasteiger partial charge in [-0.15, -0.1) is 0 Å². The molecule has 2 heterocycles. The van der Waals surface area contributed by atoms with Gasteiger partial charge in [0.05, 0.1) is 11.9 Å². The smallest absolute Gasteiger partial charge is 0.227 e.